The number of ether oxygens (including phenoxy) is 1. The number of urea groups is 1. The Bertz CT molecular complexity index is 591. The summed E-state index contributed by atoms with van der Waals surface area (Å²) in [6.45, 7) is 1.40. The van der Waals surface area contributed by atoms with Crippen LogP contribution >= 0.6 is 0 Å². The number of carboxylic acid groups (broad SMARTS) is 1. The van der Waals surface area contributed by atoms with Gasteiger partial charge in [-0.2, -0.15) is 0 Å². The predicted molar refractivity (Wildman–Crippen MR) is 85.2 cm³/mol. The van der Waals surface area contributed by atoms with Crippen molar-refractivity contribution in [2.24, 2.45) is 0 Å². The lowest BCUT2D eigenvalue weighted by molar-refractivity contribution is -0.139. The fraction of sp³-hybridized carbons (Fsp3) is 0.467. The van der Waals surface area contributed by atoms with Gasteiger partial charge >= 0.3 is 12.0 Å². The summed E-state index contributed by atoms with van der Waals surface area (Å²) in [6, 6.07) is 6.55. The summed E-state index contributed by atoms with van der Waals surface area (Å²) in [4.78, 5) is 25.1. The van der Waals surface area contributed by atoms with Crippen LogP contribution in [0, 0.1) is 0 Å². The number of rotatable bonds is 6. The second-order valence-corrected chi connectivity index (χ2v) is 6.48. The number of amides is 2. The number of carbonyl (C=O) groups is 2. The van der Waals surface area contributed by atoms with Gasteiger partial charge in [0.1, 0.15) is 6.04 Å². The van der Waals surface area contributed by atoms with Gasteiger partial charge < -0.3 is 24.6 Å². The molecule has 3 atom stereocenters. The van der Waals surface area contributed by atoms with Crippen LogP contribution in [-0.2, 0) is 27.0 Å². The number of benzene rings is 1. The summed E-state index contributed by atoms with van der Waals surface area (Å²) in [5, 5.41) is 10.4. The number of hydrogen-bond acceptors (Lipinski definition) is 5. The maximum atomic E-state index is 12.2. The SMILES string of the molecule is O=C(O)C(NC(=O)N1CCOCC1)C(Cc1ccccc1)S(=O)[O-]. The van der Waals surface area contributed by atoms with E-state index in [1.165, 1.54) is 4.90 Å². The van der Waals surface area contributed by atoms with Gasteiger partial charge in [0.05, 0.1) is 18.5 Å². The van der Waals surface area contributed by atoms with Crippen LogP contribution in [-0.4, -0.2) is 68.4 Å². The topological polar surface area (TPSA) is 119 Å². The molecule has 2 N–H and O–H groups in total. The molecule has 0 bridgehead atoms. The molecular weight excluding hydrogens is 336 g/mol. The zero-order valence-electron chi connectivity index (χ0n) is 12.9. The summed E-state index contributed by atoms with van der Waals surface area (Å²) >= 11 is -2.66. The highest BCUT2D eigenvalue weighted by atomic mass is 32.2. The van der Waals surface area contributed by atoms with E-state index in [1.54, 1.807) is 30.3 Å². The lowest BCUT2D eigenvalue weighted by Gasteiger charge is -2.31. The molecule has 0 aromatic heterocycles. The molecule has 1 saturated heterocycles. The molecule has 8 nitrogen and oxygen atoms in total. The van der Waals surface area contributed by atoms with Crippen LogP contribution in [0.15, 0.2) is 30.3 Å². The lowest BCUT2D eigenvalue weighted by atomic mass is 10.0. The van der Waals surface area contributed by atoms with Crippen LogP contribution in [0.2, 0.25) is 0 Å². The zero-order valence-corrected chi connectivity index (χ0v) is 13.7. The molecule has 1 aliphatic heterocycles. The van der Waals surface area contributed by atoms with Crippen LogP contribution < -0.4 is 5.32 Å². The van der Waals surface area contributed by atoms with Gasteiger partial charge in [0.15, 0.2) is 0 Å². The fourth-order valence-corrected chi connectivity index (χ4v) is 3.18. The van der Waals surface area contributed by atoms with E-state index < -0.39 is 34.4 Å². The van der Waals surface area contributed by atoms with E-state index in [0.29, 0.717) is 31.9 Å². The van der Waals surface area contributed by atoms with Crippen LogP contribution in [0.3, 0.4) is 0 Å². The monoisotopic (exact) mass is 355 g/mol. The third kappa shape index (κ3) is 5.02. The number of nitrogens with one attached hydrogen (secondary N) is 1. The summed E-state index contributed by atoms with van der Waals surface area (Å²) in [5.74, 6) is -1.39. The molecule has 2 rings (SSSR count). The van der Waals surface area contributed by atoms with Gasteiger partial charge in [-0.3, -0.25) is 4.21 Å². The van der Waals surface area contributed by atoms with Gasteiger partial charge in [0.25, 0.3) is 0 Å². The Morgan fingerprint density at radius 3 is 2.46 bits per heavy atom. The molecule has 1 aliphatic rings. The number of hydrogen-bond donors (Lipinski definition) is 2. The number of nitrogens with zero attached hydrogens (tertiary/aromatic N) is 1. The maximum Gasteiger partial charge on any atom is 0.327 e. The second-order valence-electron chi connectivity index (χ2n) is 5.35. The smallest absolute Gasteiger partial charge is 0.327 e. The Morgan fingerprint density at radius 2 is 1.92 bits per heavy atom. The van der Waals surface area contributed by atoms with Crippen LogP contribution in [0.25, 0.3) is 0 Å². The van der Waals surface area contributed by atoms with E-state index in [9.17, 15) is 23.5 Å². The summed E-state index contributed by atoms with van der Waals surface area (Å²) < 4.78 is 28.2. The molecule has 9 heteroatoms. The molecule has 0 saturated carbocycles. The first-order valence-electron chi connectivity index (χ1n) is 7.47. The van der Waals surface area contributed by atoms with Crippen molar-refractivity contribution >= 4 is 23.1 Å². The Labute approximate surface area is 142 Å². The fourth-order valence-electron chi connectivity index (χ4n) is 2.45. The van der Waals surface area contributed by atoms with Gasteiger partial charge in [-0.05, 0) is 23.1 Å². The van der Waals surface area contributed by atoms with E-state index in [4.69, 9.17) is 4.74 Å². The summed E-state index contributed by atoms with van der Waals surface area (Å²) in [7, 11) is 0. The van der Waals surface area contributed by atoms with E-state index in [0.717, 1.165) is 0 Å². The summed E-state index contributed by atoms with van der Waals surface area (Å²) in [6.07, 6.45) is -0.00267. The quantitative estimate of drug-likeness (QED) is 0.692. The van der Waals surface area contributed by atoms with Crippen molar-refractivity contribution in [3.8, 4) is 0 Å². The Hall–Kier alpha value is -1.97. The first kappa shape index (κ1) is 18.4. The molecule has 1 aromatic rings. The molecule has 3 unspecified atom stereocenters. The molecule has 1 aromatic carbocycles. The van der Waals surface area contributed by atoms with E-state index in [2.05, 4.69) is 5.32 Å². The highest BCUT2D eigenvalue weighted by Crippen LogP contribution is 2.12. The number of carbonyl (C=O) groups excluding carboxylic acids is 1. The molecule has 0 spiro atoms. The van der Waals surface area contributed by atoms with E-state index in [-0.39, 0.29) is 6.42 Å². The third-order valence-corrected chi connectivity index (χ3v) is 4.68. The van der Waals surface area contributed by atoms with Gasteiger partial charge in [0, 0.05) is 13.1 Å². The first-order chi connectivity index (χ1) is 11.5. The summed E-state index contributed by atoms with van der Waals surface area (Å²) in [5.41, 5.74) is 0.679. The van der Waals surface area contributed by atoms with Crippen molar-refractivity contribution < 1.29 is 28.2 Å². The Kier molecular flexibility index (Phi) is 6.71. The molecule has 1 heterocycles. The molecule has 2 amide bonds. The lowest BCUT2D eigenvalue weighted by Crippen LogP contribution is -2.56. The van der Waals surface area contributed by atoms with Crippen molar-refractivity contribution in [2.75, 3.05) is 26.3 Å². The number of carboxylic acids is 1. The Morgan fingerprint density at radius 1 is 1.29 bits per heavy atom. The average molecular weight is 355 g/mol. The predicted octanol–water partition coefficient (Wildman–Crippen LogP) is -0.0282. The van der Waals surface area contributed by atoms with Gasteiger partial charge in [-0.15, -0.1) is 0 Å². The number of morpholine rings is 1. The van der Waals surface area contributed by atoms with E-state index in [1.807, 2.05) is 0 Å². The molecule has 132 valence electrons. The van der Waals surface area contributed by atoms with Crippen molar-refractivity contribution in [3.63, 3.8) is 0 Å². The molecule has 24 heavy (non-hydrogen) atoms. The van der Waals surface area contributed by atoms with Crippen molar-refractivity contribution in [3.05, 3.63) is 35.9 Å². The largest absolute Gasteiger partial charge is 0.772 e. The highest BCUT2D eigenvalue weighted by Gasteiger charge is 2.32. The van der Waals surface area contributed by atoms with Gasteiger partial charge in [0.2, 0.25) is 0 Å². The second kappa shape index (κ2) is 8.76. The third-order valence-electron chi connectivity index (χ3n) is 3.74. The Balaban J connectivity index is 2.11. The normalized spacial score (nSPS) is 18.5. The minimum Gasteiger partial charge on any atom is -0.772 e. The average Bonchev–Trinajstić information content (AvgIpc) is 2.59. The molecule has 0 radical (unpaired) electrons. The van der Waals surface area contributed by atoms with Crippen LogP contribution in [0.5, 0.6) is 0 Å². The van der Waals surface area contributed by atoms with Gasteiger partial charge in [-0.1, -0.05) is 30.3 Å². The maximum absolute atomic E-state index is 12.2. The standard InChI is InChI=1S/C15H20N2O6S/c18-14(19)13(16-15(20)17-6-8-23-9-7-17)12(24(21)22)10-11-4-2-1-3-5-11/h1-5,12-13H,6-10H2,(H,16,20)(H,18,19)(H,21,22)/p-1. The van der Waals surface area contributed by atoms with Crippen molar-refractivity contribution in [1.82, 2.24) is 10.2 Å². The molecule has 0 aliphatic carbocycles. The van der Waals surface area contributed by atoms with Crippen LogP contribution in [0.4, 0.5) is 4.79 Å². The van der Waals surface area contributed by atoms with Crippen molar-refractivity contribution in [1.29, 1.82) is 0 Å². The van der Waals surface area contributed by atoms with Gasteiger partial charge in [-0.25, -0.2) is 9.59 Å². The van der Waals surface area contributed by atoms with Crippen LogP contribution in [0.1, 0.15) is 5.56 Å². The molecular formula is C15H19N2O6S-. The highest BCUT2D eigenvalue weighted by molar-refractivity contribution is 7.79. The number of aliphatic carboxylic acids is 1. The van der Waals surface area contributed by atoms with Crippen molar-refractivity contribution in [2.45, 2.75) is 17.7 Å². The minimum absolute atomic E-state index is 0.00267. The van der Waals surface area contributed by atoms with E-state index >= 15 is 0 Å². The first-order valence-corrected chi connectivity index (χ1v) is 8.61. The molecule has 1 fully saturated rings. The zero-order chi connectivity index (χ0) is 17.5. The minimum atomic E-state index is -2.66.